The number of benzene rings is 2. The minimum atomic E-state index is -0.623. The molecule has 41 heavy (non-hydrogen) atoms. The van der Waals surface area contributed by atoms with Gasteiger partial charge in [-0.1, -0.05) is 48.2 Å². The summed E-state index contributed by atoms with van der Waals surface area (Å²) in [5.74, 6) is 0.496. The molecule has 1 aromatic heterocycles. The molecule has 210 valence electrons. The molecule has 10 heteroatoms. The Bertz CT molecular complexity index is 1500. The van der Waals surface area contributed by atoms with Gasteiger partial charge in [-0.05, 0) is 47.2 Å². The first kappa shape index (κ1) is 28.0. The molecule has 0 spiro atoms. The molecular formula is C31H30N4O5S. The number of carbonyl (C=O) groups is 2. The molecule has 1 unspecified atom stereocenters. The number of amides is 1. The van der Waals surface area contributed by atoms with E-state index in [1.54, 1.807) is 39.6 Å². The molecule has 1 N–H and O–H groups in total. The molecule has 0 fully saturated rings. The molecule has 2 aliphatic rings. The number of carbonyl (C=O) groups excluding carboxylic acids is 2. The van der Waals surface area contributed by atoms with Gasteiger partial charge in [0.05, 0.1) is 38.0 Å². The zero-order valence-electron chi connectivity index (χ0n) is 23.0. The fraction of sp³-hybridized carbons (Fsp3) is 0.226. The van der Waals surface area contributed by atoms with E-state index < -0.39 is 12.0 Å². The van der Waals surface area contributed by atoms with Crippen molar-refractivity contribution < 1.29 is 23.8 Å². The van der Waals surface area contributed by atoms with Crippen LogP contribution in [0.15, 0.2) is 100 Å². The van der Waals surface area contributed by atoms with Gasteiger partial charge in [-0.15, -0.1) is 0 Å². The van der Waals surface area contributed by atoms with Crippen LogP contribution in [-0.2, 0) is 27.5 Å². The van der Waals surface area contributed by atoms with Crippen molar-refractivity contribution in [2.24, 2.45) is 4.99 Å². The van der Waals surface area contributed by atoms with Crippen LogP contribution in [0.25, 0.3) is 0 Å². The number of amidine groups is 1. The number of methoxy groups -OCH3 is 2. The summed E-state index contributed by atoms with van der Waals surface area (Å²) in [5, 5.41) is 5.53. The maximum atomic E-state index is 13.7. The van der Waals surface area contributed by atoms with E-state index in [2.05, 4.69) is 10.3 Å². The summed E-state index contributed by atoms with van der Waals surface area (Å²) in [4.78, 5) is 37.5. The van der Waals surface area contributed by atoms with Crippen molar-refractivity contribution in [2.75, 3.05) is 14.2 Å². The number of aromatic nitrogens is 1. The highest BCUT2D eigenvalue weighted by Gasteiger charge is 2.41. The van der Waals surface area contributed by atoms with E-state index in [9.17, 15) is 9.59 Å². The monoisotopic (exact) mass is 570 g/mol. The predicted octanol–water partition coefficient (Wildman–Crippen LogP) is 5.12. The summed E-state index contributed by atoms with van der Waals surface area (Å²) >= 11 is 1.41. The van der Waals surface area contributed by atoms with E-state index in [1.807, 2.05) is 64.9 Å². The van der Waals surface area contributed by atoms with Crippen LogP contribution >= 0.6 is 11.8 Å². The minimum Gasteiger partial charge on any atom is -0.497 e. The third-order valence-corrected chi connectivity index (χ3v) is 7.57. The van der Waals surface area contributed by atoms with E-state index in [-0.39, 0.29) is 18.9 Å². The zero-order chi connectivity index (χ0) is 28.8. The number of rotatable bonds is 10. The Labute approximate surface area is 242 Å². The quantitative estimate of drug-likeness (QED) is 0.335. The van der Waals surface area contributed by atoms with Crippen LogP contribution < -0.4 is 14.8 Å². The van der Waals surface area contributed by atoms with Gasteiger partial charge in [-0.2, -0.15) is 0 Å². The van der Waals surface area contributed by atoms with E-state index >= 15 is 0 Å². The van der Waals surface area contributed by atoms with Crippen molar-refractivity contribution in [3.8, 4) is 11.5 Å². The van der Waals surface area contributed by atoms with Gasteiger partial charge in [-0.3, -0.25) is 9.78 Å². The summed E-state index contributed by atoms with van der Waals surface area (Å²) in [6.45, 7) is 2.28. The summed E-state index contributed by atoms with van der Waals surface area (Å²) in [6.07, 6.45) is 3.50. The fourth-order valence-electron chi connectivity index (χ4n) is 4.66. The minimum absolute atomic E-state index is 0.0925. The second kappa shape index (κ2) is 12.7. The van der Waals surface area contributed by atoms with Gasteiger partial charge >= 0.3 is 5.97 Å². The number of hydrogen-bond donors (Lipinski definition) is 1. The highest BCUT2D eigenvalue weighted by atomic mass is 32.2. The van der Waals surface area contributed by atoms with Crippen LogP contribution in [0.2, 0.25) is 0 Å². The molecule has 0 radical (unpaired) electrons. The van der Waals surface area contributed by atoms with Crippen LogP contribution in [0.4, 0.5) is 0 Å². The molecule has 0 bridgehead atoms. The average Bonchev–Trinajstić information content (AvgIpc) is 3.40. The molecule has 9 nitrogen and oxygen atoms in total. The Balaban J connectivity index is 1.46. The van der Waals surface area contributed by atoms with Crippen molar-refractivity contribution in [3.05, 3.63) is 112 Å². The zero-order valence-corrected chi connectivity index (χ0v) is 23.8. The fourth-order valence-corrected chi connectivity index (χ4v) is 5.63. The Kier molecular flexibility index (Phi) is 8.69. The summed E-state index contributed by atoms with van der Waals surface area (Å²) in [5.41, 5.74) is 4.16. The SMILES string of the molecule is COc1cc(OC)cc(C2C(C(=O)OCc3ccccc3)=C(C)N=C3SC=C(CC(=O)NCc4cccnc4)N32)c1. The highest BCUT2D eigenvalue weighted by molar-refractivity contribution is 8.16. The summed E-state index contributed by atoms with van der Waals surface area (Å²) < 4.78 is 16.9. The van der Waals surface area contributed by atoms with Crippen LogP contribution in [0.3, 0.4) is 0 Å². The summed E-state index contributed by atoms with van der Waals surface area (Å²) in [7, 11) is 3.15. The number of ether oxygens (including phenoxy) is 3. The Morgan fingerprint density at radius 2 is 1.73 bits per heavy atom. The number of thioether (sulfide) groups is 1. The maximum absolute atomic E-state index is 13.7. The van der Waals surface area contributed by atoms with Crippen LogP contribution in [0, 0.1) is 0 Å². The number of esters is 1. The normalized spacial score (nSPS) is 16.0. The second-order valence-corrected chi connectivity index (χ2v) is 10.3. The maximum Gasteiger partial charge on any atom is 0.338 e. The number of nitrogens with zero attached hydrogens (tertiary/aromatic N) is 3. The van der Waals surface area contributed by atoms with Crippen molar-refractivity contribution in [1.82, 2.24) is 15.2 Å². The van der Waals surface area contributed by atoms with Gasteiger partial charge in [0.25, 0.3) is 0 Å². The van der Waals surface area contributed by atoms with Crippen LogP contribution in [0.5, 0.6) is 11.5 Å². The Hall–Kier alpha value is -4.57. The lowest BCUT2D eigenvalue weighted by atomic mass is 9.93. The number of hydrogen-bond acceptors (Lipinski definition) is 9. The topological polar surface area (TPSA) is 102 Å². The summed E-state index contributed by atoms with van der Waals surface area (Å²) in [6, 6.07) is 18.1. The van der Waals surface area contributed by atoms with Gasteiger partial charge in [0.1, 0.15) is 18.1 Å². The number of fused-ring (bicyclic) bond motifs is 1. The molecule has 0 saturated carbocycles. The molecule has 3 aromatic rings. The first-order valence-corrected chi connectivity index (χ1v) is 13.9. The molecule has 2 aliphatic heterocycles. The first-order chi connectivity index (χ1) is 20.0. The lowest BCUT2D eigenvalue weighted by molar-refractivity contribution is -0.141. The Morgan fingerprint density at radius 3 is 2.41 bits per heavy atom. The van der Waals surface area contributed by atoms with E-state index in [4.69, 9.17) is 19.2 Å². The highest BCUT2D eigenvalue weighted by Crippen LogP contribution is 2.46. The molecular weight excluding hydrogens is 540 g/mol. The van der Waals surface area contributed by atoms with Crippen LogP contribution in [0.1, 0.15) is 36.1 Å². The van der Waals surface area contributed by atoms with Gasteiger partial charge in [0.2, 0.25) is 5.91 Å². The molecule has 3 heterocycles. The number of aliphatic imine (C=N–C) groups is 1. The number of pyridine rings is 1. The molecule has 0 aliphatic carbocycles. The van der Waals surface area contributed by atoms with E-state index in [0.29, 0.717) is 40.2 Å². The van der Waals surface area contributed by atoms with Crippen molar-refractivity contribution in [2.45, 2.75) is 32.5 Å². The molecule has 2 aromatic carbocycles. The van der Waals surface area contributed by atoms with Gasteiger partial charge in [-0.25, -0.2) is 9.79 Å². The third-order valence-electron chi connectivity index (χ3n) is 6.68. The molecule has 0 saturated heterocycles. The Morgan fingerprint density at radius 1 is 1.00 bits per heavy atom. The van der Waals surface area contributed by atoms with Crippen molar-refractivity contribution >= 4 is 28.8 Å². The lowest BCUT2D eigenvalue weighted by Gasteiger charge is -2.36. The number of allylic oxidation sites excluding steroid dienone is 1. The number of nitrogens with one attached hydrogen (secondary N) is 1. The first-order valence-electron chi connectivity index (χ1n) is 13.0. The molecule has 1 amide bonds. The largest absolute Gasteiger partial charge is 0.497 e. The standard InChI is InChI=1S/C31H30N4O5S/c1-20-28(30(37)40-18-21-8-5-4-6-9-21)29(23-12-25(38-2)15-26(13-23)39-3)35-24(19-41-31(35)34-20)14-27(36)33-17-22-10-7-11-32-16-22/h4-13,15-16,19,29H,14,17-18H2,1-3H3,(H,33,36). The van der Waals surface area contributed by atoms with E-state index in [0.717, 1.165) is 16.7 Å². The molecule has 5 rings (SSSR count). The van der Waals surface area contributed by atoms with Gasteiger partial charge < -0.3 is 24.4 Å². The van der Waals surface area contributed by atoms with E-state index in [1.165, 1.54) is 11.8 Å². The smallest absolute Gasteiger partial charge is 0.338 e. The molecule has 1 atom stereocenters. The van der Waals surface area contributed by atoms with Crippen molar-refractivity contribution in [3.63, 3.8) is 0 Å². The van der Waals surface area contributed by atoms with Gasteiger partial charge in [0.15, 0.2) is 5.17 Å². The van der Waals surface area contributed by atoms with Gasteiger partial charge in [0, 0.05) is 30.7 Å². The predicted molar refractivity (Wildman–Crippen MR) is 157 cm³/mol. The lowest BCUT2D eigenvalue weighted by Crippen LogP contribution is -2.38. The van der Waals surface area contributed by atoms with Crippen molar-refractivity contribution in [1.29, 1.82) is 0 Å². The second-order valence-electron chi connectivity index (χ2n) is 9.42. The third kappa shape index (κ3) is 6.44. The van der Waals surface area contributed by atoms with Crippen LogP contribution in [-0.4, -0.2) is 41.1 Å². The average molecular weight is 571 g/mol.